The highest BCUT2D eigenvalue weighted by Crippen LogP contribution is 2.09. The first-order chi connectivity index (χ1) is 12.3. The van der Waals surface area contributed by atoms with Gasteiger partial charge in [0.15, 0.2) is 6.61 Å². The summed E-state index contributed by atoms with van der Waals surface area (Å²) in [7, 11) is -2.31. The molecule has 0 aliphatic rings. The summed E-state index contributed by atoms with van der Waals surface area (Å²) in [5.41, 5.74) is 0.855. The second-order valence-corrected chi connectivity index (χ2v) is 6.69. The number of primary sulfonamides is 1. The zero-order chi connectivity index (χ0) is 19.2. The van der Waals surface area contributed by atoms with E-state index < -0.39 is 28.5 Å². The lowest BCUT2D eigenvalue weighted by molar-refractivity contribution is -0.124. The molecule has 0 unspecified atom stereocenters. The number of pyridine rings is 1. The van der Waals surface area contributed by atoms with E-state index in [0.717, 1.165) is 0 Å². The number of benzene rings is 1. The Bertz CT molecular complexity index is 879. The zero-order valence-electron chi connectivity index (χ0n) is 13.8. The monoisotopic (exact) mass is 379 g/mol. The Kier molecular flexibility index (Phi) is 6.26. The number of esters is 1. The molecule has 1 amide bonds. The number of hydrogen-bond donors (Lipinski definition) is 2. The van der Waals surface area contributed by atoms with Crippen molar-refractivity contribution < 1.29 is 27.5 Å². The number of methoxy groups -OCH3 is 1. The molecule has 0 radical (unpaired) electrons. The molecule has 9 nitrogen and oxygen atoms in total. The lowest BCUT2D eigenvalue weighted by atomic mass is 10.2. The average Bonchev–Trinajstić information content (AvgIpc) is 2.64. The summed E-state index contributed by atoms with van der Waals surface area (Å²) in [5, 5.41) is 7.55. The quantitative estimate of drug-likeness (QED) is 0.656. The van der Waals surface area contributed by atoms with Crippen LogP contribution in [0.4, 0.5) is 0 Å². The minimum atomic E-state index is -3.76. The van der Waals surface area contributed by atoms with Gasteiger partial charge in [-0.15, -0.1) is 0 Å². The van der Waals surface area contributed by atoms with E-state index in [1.54, 1.807) is 0 Å². The SMILES string of the molecule is COc1ccc(C(=O)OCC(=O)NCc2ccc(S(N)(=O)=O)cc2)cn1. The number of carbonyl (C=O) groups excluding carboxylic acids is 2. The van der Waals surface area contributed by atoms with E-state index in [4.69, 9.17) is 14.6 Å². The summed E-state index contributed by atoms with van der Waals surface area (Å²) in [6.45, 7) is -0.314. The van der Waals surface area contributed by atoms with Crippen LogP contribution < -0.4 is 15.2 Å². The van der Waals surface area contributed by atoms with Crippen molar-refractivity contribution in [2.24, 2.45) is 5.14 Å². The third-order valence-corrected chi connectivity index (χ3v) is 4.19. The van der Waals surface area contributed by atoms with E-state index >= 15 is 0 Å². The number of carbonyl (C=O) groups is 2. The van der Waals surface area contributed by atoms with Gasteiger partial charge >= 0.3 is 5.97 Å². The fourth-order valence-corrected chi connectivity index (χ4v) is 2.40. The molecule has 2 rings (SSSR count). The van der Waals surface area contributed by atoms with E-state index in [-0.39, 0.29) is 17.0 Å². The predicted molar refractivity (Wildman–Crippen MR) is 90.7 cm³/mol. The minimum absolute atomic E-state index is 0.0189. The summed E-state index contributed by atoms with van der Waals surface area (Å²) < 4.78 is 32.1. The van der Waals surface area contributed by atoms with Crippen molar-refractivity contribution in [3.63, 3.8) is 0 Å². The molecule has 1 heterocycles. The van der Waals surface area contributed by atoms with Crippen molar-refractivity contribution in [1.82, 2.24) is 10.3 Å². The van der Waals surface area contributed by atoms with Crippen LogP contribution in [0.15, 0.2) is 47.5 Å². The van der Waals surface area contributed by atoms with E-state index in [0.29, 0.717) is 11.4 Å². The molecular weight excluding hydrogens is 362 g/mol. The average molecular weight is 379 g/mol. The highest BCUT2D eigenvalue weighted by molar-refractivity contribution is 7.89. The van der Waals surface area contributed by atoms with E-state index in [9.17, 15) is 18.0 Å². The largest absolute Gasteiger partial charge is 0.481 e. The maximum absolute atomic E-state index is 11.8. The number of aromatic nitrogens is 1. The van der Waals surface area contributed by atoms with Gasteiger partial charge in [-0.25, -0.2) is 23.3 Å². The number of hydrogen-bond acceptors (Lipinski definition) is 7. The molecular formula is C16H17N3O6S. The van der Waals surface area contributed by atoms with Crippen molar-refractivity contribution >= 4 is 21.9 Å². The number of ether oxygens (including phenoxy) is 2. The Morgan fingerprint density at radius 2 is 1.85 bits per heavy atom. The van der Waals surface area contributed by atoms with Gasteiger partial charge in [0, 0.05) is 18.8 Å². The summed E-state index contributed by atoms with van der Waals surface area (Å²) in [6.07, 6.45) is 1.28. The van der Waals surface area contributed by atoms with Crippen LogP contribution in [0.25, 0.3) is 0 Å². The summed E-state index contributed by atoms with van der Waals surface area (Å²) in [6, 6.07) is 8.70. The van der Waals surface area contributed by atoms with Crippen LogP contribution in [-0.4, -0.2) is 39.0 Å². The fraction of sp³-hybridized carbons (Fsp3) is 0.188. The van der Waals surface area contributed by atoms with Crippen molar-refractivity contribution in [3.05, 3.63) is 53.7 Å². The molecule has 0 aliphatic carbocycles. The molecule has 0 saturated heterocycles. The van der Waals surface area contributed by atoms with Gasteiger partial charge < -0.3 is 14.8 Å². The third kappa shape index (κ3) is 5.53. The highest BCUT2D eigenvalue weighted by Gasteiger charge is 2.11. The number of rotatable bonds is 7. The van der Waals surface area contributed by atoms with Gasteiger partial charge in [-0.05, 0) is 23.8 Å². The summed E-state index contributed by atoms with van der Waals surface area (Å²) >= 11 is 0. The molecule has 1 aromatic carbocycles. The van der Waals surface area contributed by atoms with Gasteiger partial charge in [0.25, 0.3) is 5.91 Å². The first-order valence-corrected chi connectivity index (χ1v) is 8.90. The maximum atomic E-state index is 11.8. The van der Waals surface area contributed by atoms with Crippen molar-refractivity contribution in [1.29, 1.82) is 0 Å². The fourth-order valence-electron chi connectivity index (χ4n) is 1.88. The van der Waals surface area contributed by atoms with E-state index in [1.165, 1.54) is 49.7 Å². The van der Waals surface area contributed by atoms with Gasteiger partial charge in [-0.3, -0.25) is 4.79 Å². The predicted octanol–water partition coefficient (Wildman–Crippen LogP) is 0.211. The molecule has 0 saturated carbocycles. The van der Waals surface area contributed by atoms with E-state index in [2.05, 4.69) is 10.3 Å². The molecule has 2 aromatic rings. The van der Waals surface area contributed by atoms with Crippen LogP contribution in [0.2, 0.25) is 0 Å². The maximum Gasteiger partial charge on any atom is 0.340 e. The molecule has 0 spiro atoms. The lowest BCUT2D eigenvalue weighted by Crippen LogP contribution is -2.28. The van der Waals surface area contributed by atoms with Crippen LogP contribution in [0.5, 0.6) is 5.88 Å². The topological polar surface area (TPSA) is 138 Å². The zero-order valence-corrected chi connectivity index (χ0v) is 14.7. The standard InChI is InChI=1S/C16H17N3O6S/c1-24-15-7-4-12(9-19-15)16(21)25-10-14(20)18-8-11-2-5-13(6-3-11)26(17,22)23/h2-7,9H,8,10H2,1H3,(H,18,20)(H2,17,22,23). The first-order valence-electron chi connectivity index (χ1n) is 7.35. The second kappa shape index (κ2) is 8.41. The molecule has 0 atom stereocenters. The second-order valence-electron chi connectivity index (χ2n) is 5.13. The molecule has 138 valence electrons. The Balaban J connectivity index is 1.80. The van der Waals surface area contributed by atoms with Crippen LogP contribution in [0, 0.1) is 0 Å². The summed E-state index contributed by atoms with van der Waals surface area (Å²) in [4.78, 5) is 27.4. The minimum Gasteiger partial charge on any atom is -0.481 e. The molecule has 3 N–H and O–H groups in total. The van der Waals surface area contributed by atoms with Crippen molar-refractivity contribution in [3.8, 4) is 5.88 Å². The normalized spacial score (nSPS) is 10.8. The lowest BCUT2D eigenvalue weighted by Gasteiger charge is -2.07. The Morgan fingerprint density at radius 3 is 2.38 bits per heavy atom. The van der Waals surface area contributed by atoms with Gasteiger partial charge in [-0.2, -0.15) is 0 Å². The van der Waals surface area contributed by atoms with Gasteiger partial charge in [0.2, 0.25) is 15.9 Å². The first kappa shape index (κ1) is 19.3. The highest BCUT2D eigenvalue weighted by atomic mass is 32.2. The number of nitrogens with one attached hydrogen (secondary N) is 1. The van der Waals surface area contributed by atoms with E-state index in [1.807, 2.05) is 0 Å². The number of nitrogens with two attached hydrogens (primary N) is 1. The molecule has 0 aliphatic heterocycles. The van der Waals surface area contributed by atoms with Crippen LogP contribution >= 0.6 is 0 Å². The van der Waals surface area contributed by atoms with Crippen molar-refractivity contribution in [2.45, 2.75) is 11.4 Å². The number of sulfonamides is 1. The van der Waals surface area contributed by atoms with Crippen molar-refractivity contribution in [2.75, 3.05) is 13.7 Å². The third-order valence-electron chi connectivity index (χ3n) is 3.26. The Morgan fingerprint density at radius 1 is 1.15 bits per heavy atom. The number of nitrogens with zero attached hydrogens (tertiary/aromatic N) is 1. The smallest absolute Gasteiger partial charge is 0.340 e. The Hall–Kier alpha value is -2.98. The molecule has 1 aromatic heterocycles. The number of amides is 1. The van der Waals surface area contributed by atoms with Crippen LogP contribution in [0.1, 0.15) is 15.9 Å². The molecule has 26 heavy (non-hydrogen) atoms. The molecule has 0 bridgehead atoms. The van der Waals surface area contributed by atoms with Crippen LogP contribution in [-0.2, 0) is 26.1 Å². The molecule has 10 heteroatoms. The van der Waals surface area contributed by atoms with Gasteiger partial charge in [0.1, 0.15) is 0 Å². The van der Waals surface area contributed by atoms with Gasteiger partial charge in [-0.1, -0.05) is 12.1 Å². The van der Waals surface area contributed by atoms with Gasteiger partial charge in [0.05, 0.1) is 17.6 Å². The Labute approximate surface area is 150 Å². The molecule has 0 fully saturated rings. The van der Waals surface area contributed by atoms with Crippen LogP contribution in [0.3, 0.4) is 0 Å². The summed E-state index contributed by atoms with van der Waals surface area (Å²) in [5.74, 6) is -0.837.